The molecular formula is C32H47N5O3. The standard InChI is InChI=1S/C32H47N5O3/c1-32(2,3)40-31(39)33-22-17-18-35(21-22)29-30(38)37(28-14-10-9-13-27(28)34-29)26-19-24-15-16-25(20-26)36(24)23-11-7-5-4-6-8-12-23/h9-10,13-14,22-26H,4-8,11-12,15-21H2,1-3H3,(H,33,39)/t22-,24?,25?,26?/m1/s1. The van der Waals surface area contributed by atoms with E-state index in [1.54, 1.807) is 0 Å². The van der Waals surface area contributed by atoms with Crippen molar-refractivity contribution in [2.24, 2.45) is 0 Å². The summed E-state index contributed by atoms with van der Waals surface area (Å²) in [5.41, 5.74) is 1.29. The van der Waals surface area contributed by atoms with Crippen LogP contribution in [0.5, 0.6) is 0 Å². The van der Waals surface area contributed by atoms with Crippen LogP contribution in [0.25, 0.3) is 11.0 Å². The number of benzene rings is 1. The Hall–Kier alpha value is -2.61. The van der Waals surface area contributed by atoms with Gasteiger partial charge in [0.25, 0.3) is 5.56 Å². The first-order valence-corrected chi connectivity index (χ1v) is 15.8. The number of piperidine rings is 1. The van der Waals surface area contributed by atoms with Crippen LogP contribution in [-0.4, -0.2) is 63.4 Å². The number of hydrogen-bond donors (Lipinski definition) is 1. The maximum Gasteiger partial charge on any atom is 0.407 e. The Morgan fingerprint density at radius 2 is 1.57 bits per heavy atom. The Labute approximate surface area is 238 Å². The highest BCUT2D eigenvalue weighted by atomic mass is 16.6. The number of amides is 1. The zero-order valence-corrected chi connectivity index (χ0v) is 24.6. The Kier molecular flexibility index (Phi) is 7.81. The molecule has 1 amide bonds. The van der Waals surface area contributed by atoms with E-state index >= 15 is 0 Å². The van der Waals surface area contributed by atoms with Crippen molar-refractivity contribution in [2.45, 2.75) is 134 Å². The number of para-hydroxylation sites is 2. The van der Waals surface area contributed by atoms with Gasteiger partial charge in [-0.3, -0.25) is 9.69 Å². The molecule has 3 atom stereocenters. The lowest BCUT2D eigenvalue weighted by atomic mass is 9.89. The van der Waals surface area contributed by atoms with Gasteiger partial charge in [0.1, 0.15) is 5.60 Å². The van der Waals surface area contributed by atoms with Crippen LogP contribution in [0.2, 0.25) is 0 Å². The molecule has 1 aromatic heterocycles. The first-order valence-electron chi connectivity index (χ1n) is 15.8. The summed E-state index contributed by atoms with van der Waals surface area (Å²) < 4.78 is 7.55. The maximum absolute atomic E-state index is 14.2. The minimum Gasteiger partial charge on any atom is -0.444 e. The molecule has 3 aliphatic heterocycles. The van der Waals surface area contributed by atoms with Gasteiger partial charge in [-0.05, 0) is 77.8 Å². The number of carbonyl (C=O) groups is 1. The molecule has 6 rings (SSSR count). The van der Waals surface area contributed by atoms with Gasteiger partial charge < -0.3 is 19.5 Å². The van der Waals surface area contributed by atoms with Gasteiger partial charge >= 0.3 is 6.09 Å². The van der Waals surface area contributed by atoms with E-state index in [2.05, 4.69) is 25.8 Å². The van der Waals surface area contributed by atoms with E-state index in [0.717, 1.165) is 36.3 Å². The third kappa shape index (κ3) is 5.74. The van der Waals surface area contributed by atoms with Crippen molar-refractivity contribution >= 4 is 22.9 Å². The summed E-state index contributed by atoms with van der Waals surface area (Å²) in [6.45, 7) is 6.84. The lowest BCUT2D eigenvalue weighted by Gasteiger charge is -2.45. The van der Waals surface area contributed by atoms with Gasteiger partial charge in [-0.2, -0.15) is 0 Å². The smallest absolute Gasteiger partial charge is 0.407 e. The number of anilines is 1. The van der Waals surface area contributed by atoms with Gasteiger partial charge in [0.2, 0.25) is 0 Å². The van der Waals surface area contributed by atoms with Crippen LogP contribution in [0.4, 0.5) is 10.6 Å². The normalized spacial score (nSPS) is 28.4. The number of hydrogen-bond acceptors (Lipinski definition) is 6. The van der Waals surface area contributed by atoms with Crippen molar-refractivity contribution in [1.29, 1.82) is 0 Å². The SMILES string of the molecule is CC(C)(C)OC(=O)N[C@@H]1CCN(c2nc3ccccc3n(C3CC4CCC(C3)N4C3CCCCCCC3)c2=O)C1. The van der Waals surface area contributed by atoms with Crippen molar-refractivity contribution in [2.75, 3.05) is 18.0 Å². The molecule has 1 N–H and O–H groups in total. The van der Waals surface area contributed by atoms with Crippen LogP contribution in [0.15, 0.2) is 29.1 Å². The quantitative estimate of drug-likeness (QED) is 0.521. The van der Waals surface area contributed by atoms with Crippen LogP contribution < -0.4 is 15.8 Å². The number of alkyl carbamates (subject to hydrolysis) is 1. The molecule has 4 fully saturated rings. The van der Waals surface area contributed by atoms with E-state index in [0.29, 0.717) is 31.0 Å². The Balaban J connectivity index is 1.24. The first kappa shape index (κ1) is 27.6. The molecule has 4 heterocycles. The van der Waals surface area contributed by atoms with E-state index in [1.807, 2.05) is 39.0 Å². The zero-order valence-electron chi connectivity index (χ0n) is 24.6. The predicted molar refractivity (Wildman–Crippen MR) is 159 cm³/mol. The van der Waals surface area contributed by atoms with E-state index in [4.69, 9.17) is 9.72 Å². The van der Waals surface area contributed by atoms with Gasteiger partial charge in [-0.25, -0.2) is 9.78 Å². The number of nitrogens with zero attached hydrogens (tertiary/aromatic N) is 4. The molecule has 2 bridgehead atoms. The lowest BCUT2D eigenvalue weighted by molar-refractivity contribution is 0.0497. The second kappa shape index (κ2) is 11.3. The van der Waals surface area contributed by atoms with Gasteiger partial charge in [0.05, 0.1) is 17.1 Å². The molecule has 4 aliphatic rings. The average Bonchev–Trinajstić information content (AvgIpc) is 3.43. The Bertz CT molecular complexity index is 1250. The highest BCUT2D eigenvalue weighted by Crippen LogP contribution is 2.44. The van der Waals surface area contributed by atoms with Crippen molar-refractivity contribution in [1.82, 2.24) is 19.8 Å². The monoisotopic (exact) mass is 549 g/mol. The van der Waals surface area contributed by atoms with E-state index < -0.39 is 11.7 Å². The second-order valence-electron chi connectivity index (χ2n) is 13.6. The average molecular weight is 550 g/mol. The minimum atomic E-state index is -0.541. The summed E-state index contributed by atoms with van der Waals surface area (Å²) in [5.74, 6) is 0.516. The molecule has 3 saturated heterocycles. The largest absolute Gasteiger partial charge is 0.444 e. The van der Waals surface area contributed by atoms with Crippen LogP contribution in [-0.2, 0) is 4.74 Å². The molecule has 1 saturated carbocycles. The van der Waals surface area contributed by atoms with Gasteiger partial charge in [0, 0.05) is 37.3 Å². The van der Waals surface area contributed by atoms with Gasteiger partial charge in [0.15, 0.2) is 5.82 Å². The number of carbonyl (C=O) groups excluding carboxylic acids is 1. The van der Waals surface area contributed by atoms with Crippen molar-refractivity contribution < 1.29 is 9.53 Å². The molecule has 1 aromatic carbocycles. The third-order valence-corrected chi connectivity index (χ3v) is 9.61. The third-order valence-electron chi connectivity index (χ3n) is 9.61. The summed E-state index contributed by atoms with van der Waals surface area (Å²) in [5, 5.41) is 2.99. The van der Waals surface area contributed by atoms with Crippen molar-refractivity contribution in [3.8, 4) is 0 Å². The predicted octanol–water partition coefficient (Wildman–Crippen LogP) is 5.78. The fourth-order valence-electron chi connectivity index (χ4n) is 7.98. The minimum absolute atomic E-state index is 0.0143. The molecule has 8 heteroatoms. The summed E-state index contributed by atoms with van der Waals surface area (Å²) >= 11 is 0. The molecular weight excluding hydrogens is 502 g/mol. The highest BCUT2D eigenvalue weighted by molar-refractivity contribution is 5.76. The van der Waals surface area contributed by atoms with Crippen LogP contribution in [0.1, 0.15) is 104 Å². The molecule has 1 aliphatic carbocycles. The number of ether oxygens (including phenoxy) is 1. The highest BCUT2D eigenvalue weighted by Gasteiger charge is 2.45. The molecule has 2 unspecified atom stereocenters. The molecule has 0 spiro atoms. The topological polar surface area (TPSA) is 79.7 Å². The number of aromatic nitrogens is 2. The Morgan fingerprint density at radius 3 is 2.27 bits per heavy atom. The number of rotatable bonds is 4. The van der Waals surface area contributed by atoms with Crippen molar-refractivity contribution in [3.63, 3.8) is 0 Å². The maximum atomic E-state index is 14.2. The van der Waals surface area contributed by atoms with Crippen molar-refractivity contribution in [3.05, 3.63) is 34.6 Å². The molecule has 2 aromatic rings. The molecule has 218 valence electrons. The zero-order chi connectivity index (χ0) is 27.9. The van der Waals surface area contributed by atoms with Crippen LogP contribution >= 0.6 is 0 Å². The van der Waals surface area contributed by atoms with Gasteiger partial charge in [-0.15, -0.1) is 0 Å². The summed E-state index contributed by atoms with van der Waals surface area (Å²) in [4.78, 5) is 36.4. The second-order valence-corrected chi connectivity index (χ2v) is 13.6. The fraction of sp³-hybridized carbons (Fsp3) is 0.719. The Morgan fingerprint density at radius 1 is 0.900 bits per heavy atom. The molecule has 8 nitrogen and oxygen atoms in total. The van der Waals surface area contributed by atoms with Crippen LogP contribution in [0.3, 0.4) is 0 Å². The summed E-state index contributed by atoms with van der Waals surface area (Å²) in [7, 11) is 0. The lowest BCUT2D eigenvalue weighted by Crippen LogP contribution is -2.50. The van der Waals surface area contributed by atoms with Gasteiger partial charge in [-0.1, -0.05) is 44.2 Å². The van der Waals surface area contributed by atoms with E-state index in [9.17, 15) is 9.59 Å². The molecule has 40 heavy (non-hydrogen) atoms. The van der Waals surface area contributed by atoms with E-state index in [1.165, 1.54) is 57.8 Å². The summed E-state index contributed by atoms with van der Waals surface area (Å²) in [6.07, 6.45) is 14.5. The number of nitrogens with one attached hydrogen (secondary N) is 1. The van der Waals surface area contributed by atoms with Crippen LogP contribution in [0, 0.1) is 0 Å². The first-order chi connectivity index (χ1) is 19.3. The summed E-state index contributed by atoms with van der Waals surface area (Å²) in [6, 6.07) is 10.1. The number of fused-ring (bicyclic) bond motifs is 3. The van der Waals surface area contributed by atoms with E-state index in [-0.39, 0.29) is 17.6 Å². The molecule has 0 radical (unpaired) electrons. The fourth-order valence-corrected chi connectivity index (χ4v) is 7.98.